The Morgan fingerprint density at radius 3 is 2.68 bits per heavy atom. The maximum absolute atomic E-state index is 13.6. The third-order valence-corrected chi connectivity index (χ3v) is 5.91. The van der Waals surface area contributed by atoms with Gasteiger partial charge in [-0.15, -0.1) is 0 Å². The van der Waals surface area contributed by atoms with E-state index >= 15 is 0 Å². The minimum Gasteiger partial charge on any atom is -0.322 e. The lowest BCUT2D eigenvalue weighted by atomic mass is 9.73. The van der Waals surface area contributed by atoms with E-state index in [-0.39, 0.29) is 24.4 Å². The normalized spacial score (nSPS) is 23.1. The number of imide groups is 1. The number of aromatic nitrogens is 2. The highest BCUT2D eigenvalue weighted by Crippen LogP contribution is 2.36. The first-order valence-electron chi connectivity index (χ1n) is 9.74. The van der Waals surface area contributed by atoms with E-state index in [0.717, 1.165) is 37.1 Å². The molecule has 1 atom stereocenters. The van der Waals surface area contributed by atoms with Gasteiger partial charge in [0.15, 0.2) is 0 Å². The van der Waals surface area contributed by atoms with Crippen molar-refractivity contribution in [3.05, 3.63) is 59.7 Å². The van der Waals surface area contributed by atoms with Crippen LogP contribution in [0.15, 0.2) is 42.9 Å². The molecule has 0 radical (unpaired) electrons. The van der Waals surface area contributed by atoms with Gasteiger partial charge < -0.3 is 10.6 Å². The quantitative estimate of drug-likeness (QED) is 0.774. The van der Waals surface area contributed by atoms with Crippen LogP contribution in [0.3, 0.4) is 0 Å². The first-order valence-corrected chi connectivity index (χ1v) is 9.74. The van der Waals surface area contributed by atoms with E-state index in [1.54, 1.807) is 18.6 Å². The van der Waals surface area contributed by atoms with Gasteiger partial charge in [-0.1, -0.05) is 24.3 Å². The molecule has 2 saturated heterocycles. The summed E-state index contributed by atoms with van der Waals surface area (Å²) in [6, 6.07) is 7.72. The molecule has 3 heterocycles. The predicted octanol–water partition coefficient (Wildman–Crippen LogP) is 1.82. The fourth-order valence-electron chi connectivity index (χ4n) is 4.33. The van der Waals surface area contributed by atoms with Gasteiger partial charge >= 0.3 is 6.03 Å². The minimum absolute atomic E-state index is 0.0941. The summed E-state index contributed by atoms with van der Waals surface area (Å²) in [5, 5.41) is 6.45. The first-order chi connectivity index (χ1) is 13.6. The molecule has 0 bridgehead atoms. The fraction of sp³-hybridized carbons (Fsp3) is 0.429. The monoisotopic (exact) mass is 379 g/mol. The number of hydrogen-bond acceptors (Lipinski definition) is 5. The third-order valence-electron chi connectivity index (χ3n) is 5.91. The lowest BCUT2D eigenvalue weighted by molar-refractivity contribution is -0.134. The lowest BCUT2D eigenvalue weighted by Crippen LogP contribution is -2.57. The number of amides is 3. The van der Waals surface area contributed by atoms with Gasteiger partial charge in [-0.25, -0.2) is 4.79 Å². The highest BCUT2D eigenvalue weighted by Gasteiger charge is 2.55. The highest BCUT2D eigenvalue weighted by atomic mass is 16.2. The van der Waals surface area contributed by atoms with Gasteiger partial charge in [0.1, 0.15) is 5.54 Å². The molecule has 4 rings (SSSR count). The second kappa shape index (κ2) is 7.67. The van der Waals surface area contributed by atoms with Crippen molar-refractivity contribution in [1.82, 2.24) is 25.5 Å². The molecular formula is C21H25N5O2. The number of nitrogens with zero attached hydrogens (tertiary/aromatic N) is 3. The number of carbonyl (C=O) groups excluding carboxylic acids is 2. The smallest absolute Gasteiger partial charge is 0.322 e. The highest BCUT2D eigenvalue weighted by molar-refractivity contribution is 6.07. The van der Waals surface area contributed by atoms with E-state index in [2.05, 4.69) is 20.6 Å². The van der Waals surface area contributed by atoms with Gasteiger partial charge in [-0.05, 0) is 49.9 Å². The maximum atomic E-state index is 13.6. The van der Waals surface area contributed by atoms with E-state index in [1.807, 2.05) is 31.2 Å². The second-order valence-electron chi connectivity index (χ2n) is 7.62. The van der Waals surface area contributed by atoms with Crippen LogP contribution >= 0.6 is 0 Å². The zero-order valence-corrected chi connectivity index (χ0v) is 16.0. The molecule has 7 heteroatoms. The average molecular weight is 379 g/mol. The molecule has 146 valence electrons. The van der Waals surface area contributed by atoms with Crippen molar-refractivity contribution in [1.29, 1.82) is 0 Å². The topological polar surface area (TPSA) is 87.2 Å². The van der Waals surface area contributed by atoms with E-state index in [1.165, 1.54) is 4.90 Å². The molecule has 2 aromatic rings. The van der Waals surface area contributed by atoms with E-state index in [4.69, 9.17) is 0 Å². The number of carbonyl (C=O) groups is 2. The number of hydrogen-bond donors (Lipinski definition) is 2. The summed E-state index contributed by atoms with van der Waals surface area (Å²) in [6.07, 6.45) is 6.96. The molecule has 0 saturated carbocycles. The standard InChI is InChI=1S/C21H25N5O2/c1-15-4-2-3-5-16(15)12-21(17-6-8-22-9-7-17)19(27)26(20(28)25-21)14-18-13-23-10-11-24-18/h2-5,10-11,13,17,22H,6-9,12,14H2,1H3,(H,25,28)/t21-/m0/s1. The molecule has 28 heavy (non-hydrogen) atoms. The molecular weight excluding hydrogens is 354 g/mol. The number of nitrogens with one attached hydrogen (secondary N) is 2. The Morgan fingerprint density at radius 2 is 1.96 bits per heavy atom. The largest absolute Gasteiger partial charge is 0.325 e. The summed E-state index contributed by atoms with van der Waals surface area (Å²) < 4.78 is 0. The maximum Gasteiger partial charge on any atom is 0.325 e. The molecule has 1 aromatic carbocycles. The Balaban J connectivity index is 1.68. The molecule has 0 unspecified atom stereocenters. The summed E-state index contributed by atoms with van der Waals surface area (Å²) in [6.45, 7) is 3.89. The van der Waals surface area contributed by atoms with Crippen LogP contribution in [-0.4, -0.2) is 45.4 Å². The first kappa shape index (κ1) is 18.6. The molecule has 2 fully saturated rings. The summed E-state index contributed by atoms with van der Waals surface area (Å²) in [5.41, 5.74) is 1.91. The van der Waals surface area contributed by atoms with Gasteiger partial charge in [-0.2, -0.15) is 0 Å². The van der Waals surface area contributed by atoms with Crippen molar-refractivity contribution in [2.24, 2.45) is 5.92 Å². The van der Waals surface area contributed by atoms with E-state index in [0.29, 0.717) is 12.1 Å². The van der Waals surface area contributed by atoms with Crippen LogP contribution in [0.4, 0.5) is 4.79 Å². The number of piperidine rings is 1. The summed E-state index contributed by atoms with van der Waals surface area (Å²) in [4.78, 5) is 36.0. The summed E-state index contributed by atoms with van der Waals surface area (Å²) in [7, 11) is 0. The van der Waals surface area contributed by atoms with Crippen LogP contribution in [0.25, 0.3) is 0 Å². The fourth-order valence-corrected chi connectivity index (χ4v) is 4.33. The Kier molecular flexibility index (Phi) is 5.09. The van der Waals surface area contributed by atoms with Crippen molar-refractivity contribution in [2.75, 3.05) is 13.1 Å². The van der Waals surface area contributed by atoms with Gasteiger partial charge in [-0.3, -0.25) is 19.7 Å². The van der Waals surface area contributed by atoms with Crippen molar-refractivity contribution in [3.63, 3.8) is 0 Å². The Hall–Kier alpha value is -2.80. The van der Waals surface area contributed by atoms with Gasteiger partial charge in [0.25, 0.3) is 5.91 Å². The van der Waals surface area contributed by atoms with Crippen molar-refractivity contribution >= 4 is 11.9 Å². The van der Waals surface area contributed by atoms with Crippen LogP contribution in [0, 0.1) is 12.8 Å². The number of rotatable bonds is 5. The van der Waals surface area contributed by atoms with Crippen LogP contribution < -0.4 is 10.6 Å². The Morgan fingerprint density at radius 1 is 1.18 bits per heavy atom. The minimum atomic E-state index is -0.909. The molecule has 2 aliphatic heterocycles. The van der Waals surface area contributed by atoms with Crippen LogP contribution in [-0.2, 0) is 17.8 Å². The number of benzene rings is 1. The van der Waals surface area contributed by atoms with Gasteiger partial charge in [0, 0.05) is 18.8 Å². The van der Waals surface area contributed by atoms with E-state index in [9.17, 15) is 9.59 Å². The number of urea groups is 1. The Labute approximate surface area is 164 Å². The molecule has 2 aliphatic rings. The number of aryl methyl sites for hydroxylation is 1. The molecule has 0 spiro atoms. The van der Waals surface area contributed by atoms with Crippen LogP contribution in [0.1, 0.15) is 29.7 Å². The van der Waals surface area contributed by atoms with Crippen LogP contribution in [0.5, 0.6) is 0 Å². The average Bonchev–Trinajstić information content (AvgIpc) is 2.96. The van der Waals surface area contributed by atoms with Crippen molar-refractivity contribution in [2.45, 2.75) is 38.3 Å². The Bertz CT molecular complexity index is 866. The molecule has 3 amide bonds. The molecule has 1 aromatic heterocycles. The van der Waals surface area contributed by atoms with E-state index < -0.39 is 5.54 Å². The summed E-state index contributed by atoms with van der Waals surface area (Å²) >= 11 is 0. The third kappa shape index (κ3) is 3.38. The van der Waals surface area contributed by atoms with Gasteiger partial charge in [0.2, 0.25) is 0 Å². The molecule has 2 N–H and O–H groups in total. The summed E-state index contributed by atoms with van der Waals surface area (Å²) in [5.74, 6) is -0.0602. The molecule has 7 nitrogen and oxygen atoms in total. The lowest BCUT2D eigenvalue weighted by Gasteiger charge is -2.38. The zero-order valence-electron chi connectivity index (χ0n) is 16.0. The predicted molar refractivity (Wildman–Crippen MR) is 104 cm³/mol. The SMILES string of the molecule is Cc1ccccc1C[C@@]1(C2CCNCC2)NC(=O)N(Cc2cnccn2)C1=O. The zero-order chi connectivity index (χ0) is 19.6. The second-order valence-corrected chi connectivity index (χ2v) is 7.62. The van der Waals surface area contributed by atoms with Crippen molar-refractivity contribution < 1.29 is 9.59 Å². The van der Waals surface area contributed by atoms with Crippen molar-refractivity contribution in [3.8, 4) is 0 Å². The van der Waals surface area contributed by atoms with Crippen LogP contribution in [0.2, 0.25) is 0 Å². The molecule has 0 aliphatic carbocycles. The van der Waals surface area contributed by atoms with Gasteiger partial charge in [0.05, 0.1) is 18.4 Å².